The number of ketones is 1. The molecule has 5 aliphatic carbocycles. The third kappa shape index (κ3) is 1.70. The molecular weight excluding hydrogens is 412 g/mol. The molecule has 5 saturated carbocycles. The molecule has 2 bridgehead atoms. The van der Waals surface area contributed by atoms with Crippen LogP contribution in [0.15, 0.2) is 0 Å². The third-order valence-electron chi connectivity index (χ3n) is 11.5. The molecule has 178 valence electrons. The number of fused-ring (bicyclic) bond motifs is 2. The van der Waals surface area contributed by atoms with E-state index in [-0.39, 0.29) is 47.1 Å². The largest absolute Gasteiger partial charge is 0.390 e. The van der Waals surface area contributed by atoms with Gasteiger partial charge in [-0.05, 0) is 55.3 Å². The van der Waals surface area contributed by atoms with Crippen molar-refractivity contribution in [3.63, 3.8) is 0 Å². The number of hydrogen-bond donors (Lipinski definition) is 3. The van der Waals surface area contributed by atoms with E-state index in [0.717, 1.165) is 12.8 Å². The summed E-state index contributed by atoms with van der Waals surface area (Å²) in [4.78, 5) is 14.2. The van der Waals surface area contributed by atoms with Gasteiger partial charge in [-0.2, -0.15) is 0 Å². The van der Waals surface area contributed by atoms with Crippen LogP contribution in [-0.4, -0.2) is 63.7 Å². The predicted molar refractivity (Wildman–Crippen MR) is 111 cm³/mol. The van der Waals surface area contributed by atoms with Gasteiger partial charge in [0.15, 0.2) is 5.79 Å². The summed E-state index contributed by atoms with van der Waals surface area (Å²) in [5.41, 5.74) is -2.23. The van der Waals surface area contributed by atoms with Crippen molar-refractivity contribution in [3.05, 3.63) is 0 Å². The maximum absolute atomic E-state index is 14.2. The Balaban J connectivity index is 1.48. The zero-order chi connectivity index (χ0) is 23.0. The van der Waals surface area contributed by atoms with Gasteiger partial charge in [0.05, 0.1) is 24.2 Å². The quantitative estimate of drug-likeness (QED) is 0.434. The summed E-state index contributed by atoms with van der Waals surface area (Å²) in [5.74, 6) is -3.09. The summed E-state index contributed by atoms with van der Waals surface area (Å²) in [6.07, 6.45) is -0.472. The van der Waals surface area contributed by atoms with E-state index in [0.29, 0.717) is 12.5 Å². The Morgan fingerprint density at radius 3 is 2.41 bits per heavy atom. The highest BCUT2D eigenvalue weighted by Gasteiger charge is 2.96. The molecule has 0 aromatic carbocycles. The first-order valence-corrected chi connectivity index (χ1v) is 12.3. The number of ether oxygens (including phenoxy) is 3. The topological polar surface area (TPSA) is 109 Å². The lowest BCUT2D eigenvalue weighted by Gasteiger charge is -2.85. The zero-order valence-corrected chi connectivity index (χ0v) is 19.8. The Kier molecular flexibility index (Phi) is 3.35. The van der Waals surface area contributed by atoms with Gasteiger partial charge in [0.2, 0.25) is 5.79 Å². The van der Waals surface area contributed by atoms with Gasteiger partial charge in [0.25, 0.3) is 0 Å². The number of carbonyl (C=O) groups is 1. The summed E-state index contributed by atoms with van der Waals surface area (Å²) in [6.45, 7) is 11.7. The maximum Gasteiger partial charge on any atom is 0.211 e. The molecule has 32 heavy (non-hydrogen) atoms. The van der Waals surface area contributed by atoms with Crippen molar-refractivity contribution in [1.82, 2.24) is 0 Å². The van der Waals surface area contributed by atoms with Crippen LogP contribution in [-0.2, 0) is 19.0 Å². The number of aliphatic hydroxyl groups is 3. The summed E-state index contributed by atoms with van der Waals surface area (Å²) in [5, 5.41) is 34.0. The van der Waals surface area contributed by atoms with E-state index in [1.54, 1.807) is 0 Å². The highest BCUT2D eigenvalue weighted by atomic mass is 16.8. The molecule has 7 heteroatoms. The second kappa shape index (κ2) is 5.17. The second-order valence-corrected chi connectivity index (χ2v) is 13.6. The van der Waals surface area contributed by atoms with Crippen LogP contribution in [0, 0.1) is 51.2 Å². The Bertz CT molecular complexity index is 937. The normalized spacial score (nSPS) is 62.0. The predicted octanol–water partition coefficient (Wildman–Crippen LogP) is 1.47. The molecule has 12 unspecified atom stereocenters. The van der Waals surface area contributed by atoms with Crippen molar-refractivity contribution < 1.29 is 34.3 Å². The van der Waals surface area contributed by atoms with Crippen LogP contribution in [0.25, 0.3) is 0 Å². The van der Waals surface area contributed by atoms with Gasteiger partial charge in [0.1, 0.15) is 18.0 Å². The SMILES string of the molecule is CC(C)(O)OC12OCC3(C4OC4C(O)C(C)(C)C3C1O)C1CCC3C4C(C(=O)C412)C3(C)C. The lowest BCUT2D eigenvalue weighted by Crippen LogP contribution is -2.94. The first kappa shape index (κ1) is 20.8. The van der Waals surface area contributed by atoms with E-state index >= 15 is 0 Å². The van der Waals surface area contributed by atoms with Crippen molar-refractivity contribution in [2.24, 2.45) is 51.2 Å². The molecule has 12 atom stereocenters. The molecule has 0 amide bonds. The average molecular weight is 449 g/mol. The number of epoxide rings is 1. The van der Waals surface area contributed by atoms with Crippen LogP contribution < -0.4 is 0 Å². The molecule has 7 nitrogen and oxygen atoms in total. The van der Waals surface area contributed by atoms with Crippen LogP contribution in [0.5, 0.6) is 0 Å². The summed E-state index contributed by atoms with van der Waals surface area (Å²) in [7, 11) is 0. The van der Waals surface area contributed by atoms with Gasteiger partial charge in [-0.3, -0.25) is 4.79 Å². The molecule has 8 aliphatic rings. The fraction of sp³-hybridized carbons (Fsp3) is 0.960. The van der Waals surface area contributed by atoms with E-state index < -0.39 is 40.0 Å². The van der Waals surface area contributed by atoms with Crippen molar-refractivity contribution in [1.29, 1.82) is 0 Å². The smallest absolute Gasteiger partial charge is 0.211 e. The average Bonchev–Trinajstić information content (AvgIpc) is 3.46. The lowest BCUT2D eigenvalue weighted by atomic mass is 9.19. The Morgan fingerprint density at radius 2 is 1.75 bits per heavy atom. The molecule has 0 radical (unpaired) electrons. The van der Waals surface area contributed by atoms with Gasteiger partial charge in [0, 0.05) is 17.3 Å². The van der Waals surface area contributed by atoms with Crippen LogP contribution in [0.3, 0.4) is 0 Å². The summed E-state index contributed by atoms with van der Waals surface area (Å²) in [6, 6.07) is 0. The monoisotopic (exact) mass is 448 g/mol. The minimum Gasteiger partial charge on any atom is -0.390 e. The zero-order valence-electron chi connectivity index (χ0n) is 19.8. The molecule has 3 saturated heterocycles. The van der Waals surface area contributed by atoms with Crippen molar-refractivity contribution >= 4 is 5.78 Å². The summed E-state index contributed by atoms with van der Waals surface area (Å²) < 4.78 is 19.0. The van der Waals surface area contributed by atoms with Gasteiger partial charge in [-0.25, -0.2) is 0 Å². The molecule has 3 N–H and O–H groups in total. The van der Waals surface area contributed by atoms with Gasteiger partial charge >= 0.3 is 0 Å². The molecule has 3 heterocycles. The van der Waals surface area contributed by atoms with E-state index in [1.165, 1.54) is 13.8 Å². The molecular formula is C25H36O7. The van der Waals surface area contributed by atoms with Crippen LogP contribution in [0.1, 0.15) is 54.4 Å². The lowest BCUT2D eigenvalue weighted by molar-refractivity contribution is -0.513. The fourth-order valence-corrected chi connectivity index (χ4v) is 10.7. The highest BCUT2D eigenvalue weighted by molar-refractivity contribution is 5.99. The van der Waals surface area contributed by atoms with Crippen molar-refractivity contribution in [2.45, 2.75) is 90.4 Å². The van der Waals surface area contributed by atoms with E-state index in [9.17, 15) is 20.1 Å². The standard InChI is InChI=1S/C25H36O7/c1-20(2)10-7-8-11-23-9-30-25(32-22(5,6)29,24(11)12(10)13(20)16(24)26)18(28)15(23)21(3,4)17(27)14-19(23)31-14/h10-15,17-19,27-29H,7-9H2,1-6H3. The minimum atomic E-state index is -1.62. The molecule has 0 aromatic rings. The first-order valence-electron chi connectivity index (χ1n) is 12.3. The molecule has 8 fully saturated rings. The fourth-order valence-electron chi connectivity index (χ4n) is 10.7. The third-order valence-corrected chi connectivity index (χ3v) is 11.5. The van der Waals surface area contributed by atoms with Crippen molar-refractivity contribution in [3.8, 4) is 0 Å². The van der Waals surface area contributed by atoms with Gasteiger partial charge < -0.3 is 29.5 Å². The molecule has 8 rings (SSSR count). The number of hydrogen-bond acceptors (Lipinski definition) is 7. The van der Waals surface area contributed by atoms with Gasteiger partial charge in [-0.1, -0.05) is 27.7 Å². The van der Waals surface area contributed by atoms with E-state index in [1.807, 2.05) is 13.8 Å². The first-order chi connectivity index (χ1) is 14.7. The molecule has 3 aliphatic heterocycles. The van der Waals surface area contributed by atoms with E-state index in [4.69, 9.17) is 14.2 Å². The number of aliphatic hydroxyl groups excluding tert-OH is 2. The van der Waals surface area contributed by atoms with E-state index in [2.05, 4.69) is 13.8 Å². The van der Waals surface area contributed by atoms with Gasteiger partial charge in [-0.15, -0.1) is 0 Å². The summed E-state index contributed by atoms with van der Waals surface area (Å²) >= 11 is 0. The number of rotatable bonds is 2. The Labute approximate surface area is 188 Å². The molecule has 2 spiro atoms. The Morgan fingerprint density at radius 1 is 1.06 bits per heavy atom. The number of Topliss-reactive ketones (excluding diaryl/α,β-unsaturated/α-hetero) is 1. The van der Waals surface area contributed by atoms with Crippen LogP contribution in [0.2, 0.25) is 0 Å². The second-order valence-electron chi connectivity index (χ2n) is 13.6. The van der Waals surface area contributed by atoms with Crippen LogP contribution in [0.4, 0.5) is 0 Å². The Hall–Kier alpha value is -0.570. The van der Waals surface area contributed by atoms with Crippen LogP contribution >= 0.6 is 0 Å². The number of carbonyl (C=O) groups excluding carboxylic acids is 1. The highest BCUT2D eigenvalue weighted by Crippen LogP contribution is 2.87. The van der Waals surface area contributed by atoms with Crippen molar-refractivity contribution in [2.75, 3.05) is 6.61 Å². The minimum absolute atomic E-state index is 0.0534. The maximum atomic E-state index is 14.2. The molecule has 0 aromatic heterocycles.